The van der Waals surface area contributed by atoms with Crippen molar-refractivity contribution in [2.75, 3.05) is 14.2 Å². The molecule has 1 aliphatic heterocycles. The lowest BCUT2D eigenvalue weighted by Gasteiger charge is -2.41. The van der Waals surface area contributed by atoms with E-state index >= 15 is 0 Å². The molecule has 9 nitrogen and oxygen atoms in total. The average Bonchev–Trinajstić information content (AvgIpc) is 3.37. The summed E-state index contributed by atoms with van der Waals surface area (Å²) in [6.45, 7) is 0.274. The van der Waals surface area contributed by atoms with Gasteiger partial charge in [-0.3, -0.25) is 9.69 Å². The summed E-state index contributed by atoms with van der Waals surface area (Å²) in [7, 11) is 3.15. The summed E-state index contributed by atoms with van der Waals surface area (Å²) < 4.78 is 16.2. The zero-order valence-electron chi connectivity index (χ0n) is 19.1. The Morgan fingerprint density at radius 3 is 2.62 bits per heavy atom. The van der Waals surface area contributed by atoms with Crippen LogP contribution in [0.2, 0.25) is 0 Å². The topological polar surface area (TPSA) is 107 Å². The molecular formula is C25H26N4O5. The fourth-order valence-electron chi connectivity index (χ4n) is 4.80. The molecule has 5 rings (SSSR count). The number of fused-ring (bicyclic) bond motifs is 1. The number of amides is 3. The molecule has 1 aliphatic carbocycles. The summed E-state index contributed by atoms with van der Waals surface area (Å²) in [6.07, 6.45) is 1.96. The molecule has 34 heavy (non-hydrogen) atoms. The Morgan fingerprint density at radius 1 is 1.06 bits per heavy atom. The third-order valence-electron chi connectivity index (χ3n) is 6.60. The van der Waals surface area contributed by atoms with Gasteiger partial charge in [-0.05, 0) is 43.0 Å². The Kier molecular flexibility index (Phi) is 5.91. The molecule has 3 unspecified atom stereocenters. The Morgan fingerprint density at radius 2 is 1.85 bits per heavy atom. The smallest absolute Gasteiger partial charge is 0.324 e. The van der Waals surface area contributed by atoms with Crippen LogP contribution in [0.5, 0.6) is 11.5 Å². The van der Waals surface area contributed by atoms with Crippen LogP contribution >= 0.6 is 0 Å². The van der Waals surface area contributed by atoms with E-state index in [0.29, 0.717) is 36.1 Å². The molecule has 2 aliphatic rings. The van der Waals surface area contributed by atoms with E-state index in [1.165, 1.54) is 4.90 Å². The fourth-order valence-corrected chi connectivity index (χ4v) is 4.80. The Hall–Kier alpha value is -3.88. The molecule has 3 atom stereocenters. The van der Waals surface area contributed by atoms with Crippen LogP contribution in [-0.4, -0.2) is 47.2 Å². The van der Waals surface area contributed by atoms with Crippen LogP contribution in [0.15, 0.2) is 53.1 Å². The largest absolute Gasteiger partial charge is 0.493 e. The van der Waals surface area contributed by atoms with Crippen molar-refractivity contribution in [2.24, 2.45) is 5.92 Å². The Bertz CT molecular complexity index is 1200. The Balaban J connectivity index is 1.28. The van der Waals surface area contributed by atoms with Crippen LogP contribution < -0.4 is 14.8 Å². The highest BCUT2D eigenvalue weighted by molar-refractivity contribution is 5.98. The van der Waals surface area contributed by atoms with Crippen molar-refractivity contribution in [1.82, 2.24) is 20.4 Å². The minimum absolute atomic E-state index is 0.0311. The minimum Gasteiger partial charge on any atom is -0.493 e. The molecule has 3 amide bonds. The second-order valence-corrected chi connectivity index (χ2v) is 8.61. The third kappa shape index (κ3) is 4.09. The normalized spacial score (nSPS) is 22.2. The van der Waals surface area contributed by atoms with Crippen molar-refractivity contribution >= 4 is 11.9 Å². The quantitative estimate of drug-likeness (QED) is 0.594. The van der Waals surface area contributed by atoms with E-state index in [9.17, 15) is 9.59 Å². The van der Waals surface area contributed by atoms with Gasteiger partial charge in [0, 0.05) is 17.5 Å². The minimum atomic E-state index is -0.354. The summed E-state index contributed by atoms with van der Waals surface area (Å²) in [6, 6.07) is 14.4. The van der Waals surface area contributed by atoms with Gasteiger partial charge in [0.2, 0.25) is 17.6 Å². The van der Waals surface area contributed by atoms with Crippen LogP contribution in [-0.2, 0) is 11.3 Å². The predicted octanol–water partition coefficient (Wildman–Crippen LogP) is 3.76. The number of nitrogens with one attached hydrogen (secondary N) is 1. The van der Waals surface area contributed by atoms with E-state index in [-0.39, 0.29) is 36.4 Å². The van der Waals surface area contributed by atoms with E-state index in [1.807, 2.05) is 36.4 Å². The number of aromatic nitrogens is 2. The maximum atomic E-state index is 13.1. The van der Waals surface area contributed by atoms with Gasteiger partial charge in [-0.25, -0.2) is 4.79 Å². The number of carbonyl (C=O) groups is 2. The highest BCUT2D eigenvalue weighted by Crippen LogP contribution is 2.39. The van der Waals surface area contributed by atoms with E-state index in [0.717, 1.165) is 17.5 Å². The second kappa shape index (κ2) is 9.17. The van der Waals surface area contributed by atoms with Crippen molar-refractivity contribution in [3.8, 4) is 22.9 Å². The molecule has 1 aromatic heterocycles. The van der Waals surface area contributed by atoms with E-state index < -0.39 is 0 Å². The molecular weight excluding hydrogens is 436 g/mol. The summed E-state index contributed by atoms with van der Waals surface area (Å²) in [5, 5.41) is 7.17. The van der Waals surface area contributed by atoms with Crippen LogP contribution in [0.4, 0.5) is 4.79 Å². The summed E-state index contributed by atoms with van der Waals surface area (Å²) >= 11 is 0. The zero-order chi connectivity index (χ0) is 23.7. The van der Waals surface area contributed by atoms with E-state index in [1.54, 1.807) is 26.4 Å². The number of hydrogen-bond donors (Lipinski definition) is 1. The molecule has 0 bridgehead atoms. The van der Waals surface area contributed by atoms with E-state index in [4.69, 9.17) is 14.0 Å². The molecule has 2 heterocycles. The molecule has 0 spiro atoms. The van der Waals surface area contributed by atoms with Crippen LogP contribution in [0.1, 0.15) is 36.6 Å². The molecule has 2 fully saturated rings. The highest BCUT2D eigenvalue weighted by Gasteiger charge is 2.45. The van der Waals surface area contributed by atoms with Gasteiger partial charge in [0.1, 0.15) is 0 Å². The number of hydrogen-bond acceptors (Lipinski definition) is 7. The molecule has 1 N–H and O–H groups in total. The average molecular weight is 463 g/mol. The first-order valence-electron chi connectivity index (χ1n) is 11.3. The predicted molar refractivity (Wildman–Crippen MR) is 122 cm³/mol. The monoisotopic (exact) mass is 462 g/mol. The van der Waals surface area contributed by atoms with Crippen molar-refractivity contribution in [2.45, 2.75) is 37.8 Å². The van der Waals surface area contributed by atoms with Gasteiger partial charge in [0.05, 0.1) is 26.7 Å². The van der Waals surface area contributed by atoms with Gasteiger partial charge in [-0.15, -0.1) is 0 Å². The lowest BCUT2D eigenvalue weighted by Crippen LogP contribution is -2.60. The van der Waals surface area contributed by atoms with Gasteiger partial charge >= 0.3 is 6.03 Å². The van der Waals surface area contributed by atoms with Gasteiger partial charge in [-0.1, -0.05) is 35.5 Å². The van der Waals surface area contributed by atoms with Gasteiger partial charge in [0.25, 0.3) is 0 Å². The number of rotatable bonds is 6. The maximum absolute atomic E-state index is 13.1. The number of methoxy groups -OCH3 is 2. The first-order valence-corrected chi connectivity index (χ1v) is 11.3. The molecule has 3 aromatic rings. The van der Waals surface area contributed by atoms with E-state index in [2.05, 4.69) is 15.5 Å². The first-order chi connectivity index (χ1) is 16.6. The van der Waals surface area contributed by atoms with Gasteiger partial charge in [0.15, 0.2) is 11.5 Å². The third-order valence-corrected chi connectivity index (χ3v) is 6.60. The Labute approximate surface area is 197 Å². The van der Waals surface area contributed by atoms with Crippen molar-refractivity contribution in [3.63, 3.8) is 0 Å². The van der Waals surface area contributed by atoms with Crippen LogP contribution in [0.3, 0.4) is 0 Å². The molecule has 2 aromatic carbocycles. The van der Waals surface area contributed by atoms with Crippen molar-refractivity contribution in [1.29, 1.82) is 0 Å². The molecule has 1 saturated heterocycles. The number of carbonyl (C=O) groups excluding carboxylic acids is 2. The van der Waals surface area contributed by atoms with Crippen molar-refractivity contribution < 1.29 is 23.6 Å². The van der Waals surface area contributed by atoms with Gasteiger partial charge in [-0.2, -0.15) is 4.98 Å². The number of benzene rings is 2. The summed E-state index contributed by atoms with van der Waals surface area (Å²) in [4.78, 5) is 31.8. The summed E-state index contributed by atoms with van der Waals surface area (Å²) in [5.74, 6) is 1.77. The number of nitrogens with zero attached hydrogens (tertiary/aromatic N) is 3. The number of ether oxygens (including phenoxy) is 2. The lowest BCUT2D eigenvalue weighted by atomic mass is 9.76. The zero-order valence-corrected chi connectivity index (χ0v) is 19.1. The number of urea groups is 1. The van der Waals surface area contributed by atoms with Gasteiger partial charge < -0.3 is 19.3 Å². The lowest BCUT2D eigenvalue weighted by molar-refractivity contribution is -0.137. The standard InChI is InChI=1S/C25H26N4O5/c1-32-20-11-9-16(13-21(20)33-2)22-27-23(34-28-22)17-8-10-18-19(12-17)26-25(31)29(24(18)30)14-15-6-4-3-5-7-15/h3-7,9,11,13,17-19H,8,10,12,14H2,1-2H3,(H,26,31). The second-order valence-electron chi connectivity index (χ2n) is 8.61. The molecule has 9 heteroatoms. The van der Waals surface area contributed by atoms with Crippen LogP contribution in [0.25, 0.3) is 11.4 Å². The first kappa shape index (κ1) is 21.9. The SMILES string of the molecule is COc1ccc(-c2noc(C3CCC4C(=O)N(Cc5ccccc5)C(=O)NC4C3)n2)cc1OC. The van der Waals surface area contributed by atoms with Crippen molar-refractivity contribution in [3.05, 3.63) is 60.0 Å². The maximum Gasteiger partial charge on any atom is 0.324 e. The molecule has 0 radical (unpaired) electrons. The van der Waals surface area contributed by atoms with Crippen LogP contribution in [0, 0.1) is 5.92 Å². The number of imide groups is 1. The summed E-state index contributed by atoms with van der Waals surface area (Å²) in [5.41, 5.74) is 1.67. The highest BCUT2D eigenvalue weighted by atomic mass is 16.5. The molecule has 176 valence electrons. The fraction of sp³-hybridized carbons (Fsp3) is 0.360. The molecule has 1 saturated carbocycles.